The van der Waals surface area contributed by atoms with Crippen LogP contribution in [0.5, 0.6) is 11.5 Å². The summed E-state index contributed by atoms with van der Waals surface area (Å²) in [5.74, 6) is 1.70. The lowest BCUT2D eigenvalue weighted by molar-refractivity contribution is 0.377. The number of aromatic amines is 1. The SMILES string of the molecule is Oc1ccc(-c2cc(Nc3ccc4c(c3)OCC=N4)n[nH]2)cc1. The van der Waals surface area contributed by atoms with Crippen LogP contribution in [0.1, 0.15) is 0 Å². The van der Waals surface area contributed by atoms with Crippen molar-refractivity contribution in [3.8, 4) is 22.8 Å². The molecule has 0 spiro atoms. The Balaban J connectivity index is 1.56. The molecule has 0 atom stereocenters. The summed E-state index contributed by atoms with van der Waals surface area (Å²) in [6.07, 6.45) is 1.74. The molecule has 1 aliphatic rings. The van der Waals surface area contributed by atoms with Crippen LogP contribution < -0.4 is 10.1 Å². The van der Waals surface area contributed by atoms with E-state index >= 15 is 0 Å². The van der Waals surface area contributed by atoms with Gasteiger partial charge in [0.05, 0.1) is 5.69 Å². The van der Waals surface area contributed by atoms with Crippen molar-refractivity contribution >= 4 is 23.4 Å². The summed E-state index contributed by atoms with van der Waals surface area (Å²) in [4.78, 5) is 4.27. The van der Waals surface area contributed by atoms with E-state index in [9.17, 15) is 5.11 Å². The molecule has 1 aromatic heterocycles. The van der Waals surface area contributed by atoms with Gasteiger partial charge in [0.1, 0.15) is 23.8 Å². The summed E-state index contributed by atoms with van der Waals surface area (Å²) >= 11 is 0. The van der Waals surface area contributed by atoms with Gasteiger partial charge in [0.25, 0.3) is 0 Å². The Bertz CT molecular complexity index is 869. The van der Waals surface area contributed by atoms with Crippen LogP contribution in [0, 0.1) is 0 Å². The minimum Gasteiger partial charge on any atom is -0.508 e. The molecule has 0 fully saturated rings. The van der Waals surface area contributed by atoms with Crippen LogP contribution in [0.4, 0.5) is 17.2 Å². The van der Waals surface area contributed by atoms with Gasteiger partial charge in [-0.25, -0.2) is 0 Å². The molecule has 6 nitrogen and oxygen atoms in total. The number of aromatic nitrogens is 2. The minimum absolute atomic E-state index is 0.239. The average molecular weight is 306 g/mol. The fraction of sp³-hybridized carbons (Fsp3) is 0.0588. The highest BCUT2D eigenvalue weighted by atomic mass is 16.5. The summed E-state index contributed by atoms with van der Waals surface area (Å²) in [5.41, 5.74) is 3.52. The number of rotatable bonds is 3. The normalized spacial score (nSPS) is 12.5. The maximum Gasteiger partial charge on any atom is 0.152 e. The molecule has 0 saturated heterocycles. The highest BCUT2D eigenvalue weighted by Crippen LogP contribution is 2.33. The van der Waals surface area contributed by atoms with Crippen molar-refractivity contribution < 1.29 is 9.84 Å². The van der Waals surface area contributed by atoms with Crippen molar-refractivity contribution in [1.29, 1.82) is 0 Å². The molecular weight excluding hydrogens is 292 g/mol. The molecule has 0 bridgehead atoms. The van der Waals surface area contributed by atoms with Gasteiger partial charge in [-0.05, 0) is 42.0 Å². The number of aromatic hydroxyl groups is 1. The number of ether oxygens (including phenoxy) is 1. The lowest BCUT2D eigenvalue weighted by Gasteiger charge is -2.12. The number of hydrogen-bond donors (Lipinski definition) is 3. The van der Waals surface area contributed by atoms with E-state index in [0.717, 1.165) is 28.4 Å². The number of phenolic OH excluding ortho intramolecular Hbond substituents is 1. The third kappa shape index (κ3) is 2.74. The van der Waals surface area contributed by atoms with Gasteiger partial charge in [-0.2, -0.15) is 5.10 Å². The van der Waals surface area contributed by atoms with Gasteiger partial charge in [-0.3, -0.25) is 10.1 Å². The lowest BCUT2D eigenvalue weighted by Crippen LogP contribution is -2.03. The van der Waals surface area contributed by atoms with Gasteiger partial charge < -0.3 is 15.2 Å². The topological polar surface area (TPSA) is 82.5 Å². The van der Waals surface area contributed by atoms with Gasteiger partial charge in [-0.1, -0.05) is 0 Å². The second kappa shape index (κ2) is 5.49. The first-order valence-electron chi connectivity index (χ1n) is 7.19. The van der Waals surface area contributed by atoms with Crippen molar-refractivity contribution in [3.05, 3.63) is 48.5 Å². The number of fused-ring (bicyclic) bond motifs is 1. The van der Waals surface area contributed by atoms with Crippen LogP contribution in [0.3, 0.4) is 0 Å². The minimum atomic E-state index is 0.239. The lowest BCUT2D eigenvalue weighted by atomic mass is 10.1. The van der Waals surface area contributed by atoms with Crippen molar-refractivity contribution in [2.24, 2.45) is 4.99 Å². The van der Waals surface area contributed by atoms with Gasteiger partial charge >= 0.3 is 0 Å². The molecule has 0 radical (unpaired) electrons. The van der Waals surface area contributed by atoms with Gasteiger partial charge in [0.15, 0.2) is 5.82 Å². The largest absolute Gasteiger partial charge is 0.508 e. The van der Waals surface area contributed by atoms with Crippen LogP contribution in [0.2, 0.25) is 0 Å². The van der Waals surface area contributed by atoms with Crippen LogP contribution in [0.15, 0.2) is 53.5 Å². The van der Waals surface area contributed by atoms with Crippen molar-refractivity contribution in [2.75, 3.05) is 11.9 Å². The molecule has 4 rings (SSSR count). The summed E-state index contributed by atoms with van der Waals surface area (Å²) in [6.45, 7) is 0.490. The first kappa shape index (κ1) is 13.4. The second-order valence-electron chi connectivity index (χ2n) is 5.14. The van der Waals surface area contributed by atoms with Gasteiger partial charge in [0, 0.05) is 24.0 Å². The van der Waals surface area contributed by atoms with E-state index in [1.807, 2.05) is 36.4 Å². The predicted molar refractivity (Wildman–Crippen MR) is 89.1 cm³/mol. The van der Waals surface area contributed by atoms with Crippen LogP contribution in [0.25, 0.3) is 11.3 Å². The molecular formula is C17H14N4O2. The second-order valence-corrected chi connectivity index (χ2v) is 5.14. The maximum atomic E-state index is 9.34. The fourth-order valence-corrected chi connectivity index (χ4v) is 2.40. The Hall–Kier alpha value is -3.28. The number of benzene rings is 2. The molecule has 2 heterocycles. The summed E-state index contributed by atoms with van der Waals surface area (Å²) < 4.78 is 5.55. The molecule has 0 amide bonds. The molecule has 0 aliphatic carbocycles. The van der Waals surface area contributed by atoms with Gasteiger partial charge in [-0.15, -0.1) is 0 Å². The van der Waals surface area contributed by atoms with E-state index in [2.05, 4.69) is 20.5 Å². The van der Waals surface area contributed by atoms with E-state index in [-0.39, 0.29) is 5.75 Å². The quantitative estimate of drug-likeness (QED) is 0.690. The zero-order valence-corrected chi connectivity index (χ0v) is 12.2. The Morgan fingerprint density at radius 3 is 2.83 bits per heavy atom. The summed E-state index contributed by atoms with van der Waals surface area (Å²) in [7, 11) is 0. The molecule has 0 saturated carbocycles. The third-order valence-electron chi connectivity index (χ3n) is 3.53. The van der Waals surface area contributed by atoms with Crippen LogP contribution >= 0.6 is 0 Å². The number of phenols is 1. The van der Waals surface area contributed by atoms with Crippen molar-refractivity contribution in [2.45, 2.75) is 0 Å². The van der Waals surface area contributed by atoms with Crippen molar-refractivity contribution in [3.63, 3.8) is 0 Å². The Labute approximate surface area is 132 Å². The van der Waals surface area contributed by atoms with Crippen LogP contribution in [-0.2, 0) is 0 Å². The highest BCUT2D eigenvalue weighted by molar-refractivity contribution is 5.74. The van der Waals surface area contributed by atoms with E-state index < -0.39 is 0 Å². The summed E-state index contributed by atoms with van der Waals surface area (Å²) in [5, 5.41) is 19.8. The van der Waals surface area contributed by atoms with E-state index in [0.29, 0.717) is 12.4 Å². The first-order valence-corrected chi connectivity index (χ1v) is 7.19. The van der Waals surface area contributed by atoms with E-state index in [1.165, 1.54) is 0 Å². The number of anilines is 2. The van der Waals surface area contributed by atoms with Gasteiger partial charge in [0.2, 0.25) is 0 Å². The smallest absolute Gasteiger partial charge is 0.152 e. The number of hydrogen-bond acceptors (Lipinski definition) is 5. The first-order chi connectivity index (χ1) is 11.3. The number of aliphatic imine (C=N–C) groups is 1. The zero-order chi connectivity index (χ0) is 15.6. The van der Waals surface area contributed by atoms with Crippen LogP contribution in [-0.4, -0.2) is 28.1 Å². The molecule has 114 valence electrons. The molecule has 0 unspecified atom stereocenters. The Kier molecular flexibility index (Phi) is 3.20. The fourth-order valence-electron chi connectivity index (χ4n) is 2.40. The Morgan fingerprint density at radius 2 is 1.96 bits per heavy atom. The zero-order valence-electron chi connectivity index (χ0n) is 12.2. The highest BCUT2D eigenvalue weighted by Gasteiger charge is 2.09. The molecule has 2 aromatic carbocycles. The summed E-state index contributed by atoms with van der Waals surface area (Å²) in [6, 6.07) is 14.6. The molecule has 6 heteroatoms. The predicted octanol–water partition coefficient (Wildman–Crippen LogP) is 3.62. The van der Waals surface area contributed by atoms with E-state index in [4.69, 9.17) is 4.74 Å². The average Bonchev–Trinajstić information content (AvgIpc) is 3.04. The molecule has 3 N–H and O–H groups in total. The molecule has 1 aliphatic heterocycles. The standard InChI is InChI=1S/C17H14N4O2/c22-13-4-1-11(2-5-13)15-10-17(21-20-15)19-12-3-6-14-16(9-12)23-8-7-18-14/h1-7,9-10,22H,8H2,(H2,19,20,21). The number of nitrogens with zero attached hydrogens (tertiary/aromatic N) is 2. The number of nitrogens with one attached hydrogen (secondary N) is 2. The molecule has 23 heavy (non-hydrogen) atoms. The Morgan fingerprint density at radius 1 is 1.09 bits per heavy atom. The monoisotopic (exact) mass is 306 g/mol. The third-order valence-corrected chi connectivity index (χ3v) is 3.53. The number of H-pyrrole nitrogens is 1. The molecule has 3 aromatic rings. The van der Waals surface area contributed by atoms with Crippen molar-refractivity contribution in [1.82, 2.24) is 10.2 Å². The van der Waals surface area contributed by atoms with E-state index in [1.54, 1.807) is 18.3 Å². The maximum absolute atomic E-state index is 9.34.